The molecule has 0 atom stereocenters. The Morgan fingerprint density at radius 1 is 0.768 bits per heavy atom. The van der Waals surface area contributed by atoms with Crippen molar-refractivity contribution in [3.8, 4) is 11.5 Å². The Morgan fingerprint density at radius 3 is 1.98 bits per heavy atom. The molecule has 0 aliphatic carbocycles. The molecule has 0 spiro atoms. The van der Waals surface area contributed by atoms with E-state index in [1.165, 1.54) is 11.1 Å². The van der Waals surface area contributed by atoms with E-state index in [1.54, 1.807) is 12.0 Å². The summed E-state index contributed by atoms with van der Waals surface area (Å²) in [7, 11) is -0.716. The first-order valence-electron chi connectivity index (χ1n) is 19.6. The van der Waals surface area contributed by atoms with Gasteiger partial charge in [0.05, 0.1) is 12.0 Å². The van der Waals surface area contributed by atoms with E-state index in [2.05, 4.69) is 30.3 Å². The number of hydrogen-bond acceptors (Lipinski definition) is 8. The van der Waals surface area contributed by atoms with Crippen LogP contribution in [0, 0.1) is 6.92 Å². The minimum Gasteiger partial charge on any atom is -0.520 e. The largest absolute Gasteiger partial charge is 0.625 e. The summed E-state index contributed by atoms with van der Waals surface area (Å²) in [5.41, 5.74) is 18.9. The lowest BCUT2D eigenvalue weighted by Gasteiger charge is -2.32. The topological polar surface area (TPSA) is 141 Å². The highest BCUT2D eigenvalue weighted by Crippen LogP contribution is 2.39. The van der Waals surface area contributed by atoms with Crippen LogP contribution in [0.15, 0.2) is 100 Å². The zero-order valence-electron chi connectivity index (χ0n) is 31.7. The molecule has 2 fully saturated rings. The molecule has 10 nitrogen and oxygen atoms in total. The van der Waals surface area contributed by atoms with Gasteiger partial charge in [-0.3, -0.25) is 9.59 Å². The summed E-state index contributed by atoms with van der Waals surface area (Å²) >= 11 is 0. The summed E-state index contributed by atoms with van der Waals surface area (Å²) in [4.78, 5) is 43.9. The van der Waals surface area contributed by atoms with Crippen molar-refractivity contribution in [2.45, 2.75) is 64.0 Å². The van der Waals surface area contributed by atoms with Crippen LogP contribution in [0.1, 0.15) is 86.8 Å². The number of carbonyl (C=O) groups excluding carboxylic acids is 2. The first-order chi connectivity index (χ1) is 27.3. The van der Waals surface area contributed by atoms with Crippen LogP contribution in [0.2, 0.25) is 0 Å². The molecule has 2 saturated heterocycles. The SMILES string of the molecule is Cc1c(CC(=O)N2CCC(c3cccc(CN)c3)CC2)c(=O)oc2cc3c(cc12)OB(C=Cc1cccc(C(=O)N2CCC(c4cccc(CN)c4)CC2)c1)O3. The Bertz CT molecular complexity index is 2360. The lowest BCUT2D eigenvalue weighted by molar-refractivity contribution is -0.131. The number of benzene rings is 4. The van der Waals surface area contributed by atoms with Crippen LogP contribution < -0.4 is 26.4 Å². The van der Waals surface area contributed by atoms with Crippen LogP contribution in [0.5, 0.6) is 11.5 Å². The fourth-order valence-electron chi connectivity index (χ4n) is 8.37. The van der Waals surface area contributed by atoms with E-state index in [-0.39, 0.29) is 18.2 Å². The lowest BCUT2D eigenvalue weighted by atomic mass is 9.88. The Kier molecular flexibility index (Phi) is 10.8. The van der Waals surface area contributed by atoms with Crippen molar-refractivity contribution >= 4 is 36.0 Å². The number of likely N-dealkylation sites (tertiary alicyclic amines) is 2. The van der Waals surface area contributed by atoms with Crippen molar-refractivity contribution in [2.75, 3.05) is 26.2 Å². The van der Waals surface area contributed by atoms with Gasteiger partial charge in [0.2, 0.25) is 5.91 Å². The van der Waals surface area contributed by atoms with Gasteiger partial charge in [0.15, 0.2) is 0 Å². The van der Waals surface area contributed by atoms with Gasteiger partial charge < -0.3 is 35.0 Å². The van der Waals surface area contributed by atoms with Gasteiger partial charge in [-0.1, -0.05) is 66.7 Å². The standard InChI is InChI=1S/C45H47BN4O6/c1-29-38-24-41-42(26-40(38)54-45(53)39(29)25-43(51)49-17-12-33(13-18-49)35-8-3-6-31(22-35)27-47)56-46(55-41)16-11-30-5-2-10-37(21-30)44(52)50-19-14-34(15-20-50)36-9-4-7-32(23-36)28-48/h2-11,16,21-24,26,33-34H,12-15,17-20,25,27-28,47-48H2,1H3. The molecule has 286 valence electrons. The third-order valence-electron chi connectivity index (χ3n) is 11.7. The number of nitrogens with two attached hydrogens (primary N) is 2. The fraction of sp³-hybridized carbons (Fsp3) is 0.311. The molecule has 11 heteroatoms. The second kappa shape index (κ2) is 16.2. The van der Waals surface area contributed by atoms with Crippen LogP contribution in [0.25, 0.3) is 17.0 Å². The van der Waals surface area contributed by atoms with Crippen molar-refractivity contribution in [3.63, 3.8) is 0 Å². The summed E-state index contributed by atoms with van der Waals surface area (Å²) < 4.78 is 17.9. The molecule has 0 unspecified atom stereocenters. The molecule has 3 aliphatic rings. The van der Waals surface area contributed by atoms with Crippen molar-refractivity contribution in [3.05, 3.63) is 146 Å². The van der Waals surface area contributed by atoms with Gasteiger partial charge >= 0.3 is 12.7 Å². The third-order valence-corrected chi connectivity index (χ3v) is 11.7. The molecule has 1 aromatic heterocycles. The molecule has 8 rings (SSSR count). The summed E-state index contributed by atoms with van der Waals surface area (Å²) in [6.45, 7) is 5.55. The molecular formula is C45H47BN4O6. The lowest BCUT2D eigenvalue weighted by Crippen LogP contribution is -2.39. The smallest absolute Gasteiger partial charge is 0.520 e. The zero-order valence-corrected chi connectivity index (χ0v) is 31.7. The van der Waals surface area contributed by atoms with Gasteiger partial charge in [0.1, 0.15) is 17.1 Å². The molecule has 0 radical (unpaired) electrons. The zero-order chi connectivity index (χ0) is 38.8. The average molecular weight is 751 g/mol. The molecule has 4 aromatic carbocycles. The van der Waals surface area contributed by atoms with Crippen molar-refractivity contribution in [1.82, 2.24) is 9.80 Å². The second-order valence-electron chi connectivity index (χ2n) is 15.2. The maximum Gasteiger partial charge on any atom is 0.625 e. The average Bonchev–Trinajstić information content (AvgIpc) is 3.65. The number of carbonyl (C=O) groups is 2. The van der Waals surface area contributed by atoms with E-state index in [9.17, 15) is 14.4 Å². The summed E-state index contributed by atoms with van der Waals surface area (Å²) in [5.74, 6) is 3.50. The number of piperidine rings is 2. The molecule has 56 heavy (non-hydrogen) atoms. The van der Waals surface area contributed by atoms with E-state index in [1.807, 2.05) is 71.3 Å². The number of fused-ring (bicyclic) bond motifs is 2. The van der Waals surface area contributed by atoms with Crippen LogP contribution in [-0.2, 0) is 24.3 Å². The van der Waals surface area contributed by atoms with E-state index in [4.69, 9.17) is 25.2 Å². The van der Waals surface area contributed by atoms with Gasteiger partial charge in [-0.2, -0.15) is 0 Å². The van der Waals surface area contributed by atoms with E-state index in [0.29, 0.717) is 90.3 Å². The Balaban J connectivity index is 0.886. The van der Waals surface area contributed by atoms with Crippen molar-refractivity contribution < 1.29 is 23.3 Å². The summed E-state index contributed by atoms with van der Waals surface area (Å²) in [6, 6.07) is 27.9. The number of amides is 2. The molecule has 5 aromatic rings. The van der Waals surface area contributed by atoms with Gasteiger partial charge in [-0.05, 0) is 102 Å². The van der Waals surface area contributed by atoms with Gasteiger partial charge in [0.25, 0.3) is 5.91 Å². The first kappa shape index (κ1) is 37.3. The Morgan fingerprint density at radius 2 is 1.36 bits per heavy atom. The summed E-state index contributed by atoms with van der Waals surface area (Å²) in [5, 5.41) is 0.692. The number of rotatable bonds is 9. The quantitative estimate of drug-likeness (QED) is 0.129. The molecule has 2 amide bonds. The highest BCUT2D eigenvalue weighted by molar-refractivity contribution is 6.54. The maximum absolute atomic E-state index is 13.5. The minimum atomic E-state index is -0.716. The highest BCUT2D eigenvalue weighted by atomic mass is 16.6. The third kappa shape index (κ3) is 7.87. The molecule has 0 saturated carbocycles. The number of nitrogens with zero attached hydrogens (tertiary/aromatic N) is 2. The fourth-order valence-corrected chi connectivity index (χ4v) is 8.37. The molecule has 4 heterocycles. The van der Waals surface area contributed by atoms with E-state index < -0.39 is 12.7 Å². The second-order valence-corrected chi connectivity index (χ2v) is 15.2. The maximum atomic E-state index is 13.5. The van der Waals surface area contributed by atoms with Gasteiger partial charge in [-0.15, -0.1) is 0 Å². The van der Waals surface area contributed by atoms with Crippen molar-refractivity contribution in [2.24, 2.45) is 11.5 Å². The van der Waals surface area contributed by atoms with Crippen LogP contribution in [0.4, 0.5) is 0 Å². The van der Waals surface area contributed by atoms with Crippen LogP contribution in [-0.4, -0.2) is 54.9 Å². The monoisotopic (exact) mass is 750 g/mol. The molecule has 4 N–H and O–H groups in total. The molecular weight excluding hydrogens is 703 g/mol. The van der Waals surface area contributed by atoms with E-state index in [0.717, 1.165) is 42.4 Å². The number of hydrogen-bond donors (Lipinski definition) is 2. The Labute approximate surface area is 327 Å². The summed E-state index contributed by atoms with van der Waals surface area (Å²) in [6.07, 6.45) is 5.40. The minimum absolute atomic E-state index is 0.0223. The molecule has 0 bridgehead atoms. The molecule has 3 aliphatic heterocycles. The van der Waals surface area contributed by atoms with Gasteiger partial charge in [0, 0.05) is 56.3 Å². The normalized spacial score (nSPS) is 16.3. The predicted octanol–water partition coefficient (Wildman–Crippen LogP) is 6.50. The van der Waals surface area contributed by atoms with Crippen molar-refractivity contribution in [1.29, 1.82) is 0 Å². The van der Waals surface area contributed by atoms with E-state index >= 15 is 0 Å². The Hall–Kier alpha value is -5.65. The van der Waals surface area contributed by atoms with Crippen LogP contribution >= 0.6 is 0 Å². The number of aryl methyl sites for hydroxylation is 1. The predicted molar refractivity (Wildman–Crippen MR) is 219 cm³/mol. The first-order valence-corrected chi connectivity index (χ1v) is 19.6. The van der Waals surface area contributed by atoms with Crippen LogP contribution in [0.3, 0.4) is 0 Å². The van der Waals surface area contributed by atoms with Gasteiger partial charge in [-0.25, -0.2) is 4.79 Å². The highest BCUT2D eigenvalue weighted by Gasteiger charge is 2.32.